The van der Waals surface area contributed by atoms with Crippen molar-refractivity contribution in [1.29, 1.82) is 0 Å². The Balaban J connectivity index is 1.72. The Hall–Kier alpha value is -2.86. The van der Waals surface area contributed by atoms with E-state index in [9.17, 15) is 9.59 Å². The summed E-state index contributed by atoms with van der Waals surface area (Å²) in [4.78, 5) is 23.6. The molecule has 0 saturated heterocycles. The second-order valence-electron chi connectivity index (χ2n) is 5.30. The van der Waals surface area contributed by atoms with Crippen LogP contribution in [-0.2, 0) is 14.3 Å². The van der Waals surface area contributed by atoms with Gasteiger partial charge in [-0.25, -0.2) is 9.59 Å². The van der Waals surface area contributed by atoms with Crippen LogP contribution in [0.4, 0.5) is 0 Å². The number of fused-ring (bicyclic) bond motifs is 3. The van der Waals surface area contributed by atoms with E-state index in [1.165, 1.54) is 0 Å². The standard InChI is InChI=1S/C19H18O6/c1-2-22-9-10-23-18(20)12-24-13-7-8-15-14-5-3-4-6-16(14)19(21)25-17(15)11-13/h3-8,11H,2,9-10,12H2,1H3. The van der Waals surface area contributed by atoms with Gasteiger partial charge in [-0.2, -0.15) is 0 Å². The van der Waals surface area contributed by atoms with Crippen molar-refractivity contribution < 1.29 is 23.4 Å². The van der Waals surface area contributed by atoms with Crippen molar-refractivity contribution >= 4 is 27.7 Å². The van der Waals surface area contributed by atoms with Gasteiger partial charge in [0, 0.05) is 18.1 Å². The lowest BCUT2D eigenvalue weighted by Gasteiger charge is -2.08. The highest BCUT2D eigenvalue weighted by Crippen LogP contribution is 2.26. The van der Waals surface area contributed by atoms with Gasteiger partial charge in [0.15, 0.2) is 6.61 Å². The molecule has 1 heterocycles. The number of esters is 1. The van der Waals surface area contributed by atoms with E-state index in [-0.39, 0.29) is 13.2 Å². The SMILES string of the molecule is CCOCCOC(=O)COc1ccc2c(c1)oc(=O)c1ccccc12. The summed E-state index contributed by atoms with van der Waals surface area (Å²) >= 11 is 0. The highest BCUT2D eigenvalue weighted by Gasteiger charge is 2.09. The van der Waals surface area contributed by atoms with Crippen molar-refractivity contribution in [1.82, 2.24) is 0 Å². The highest BCUT2D eigenvalue weighted by atomic mass is 16.6. The van der Waals surface area contributed by atoms with Gasteiger partial charge in [0.05, 0.1) is 12.0 Å². The first-order chi connectivity index (χ1) is 12.2. The van der Waals surface area contributed by atoms with Crippen LogP contribution >= 0.6 is 0 Å². The van der Waals surface area contributed by atoms with Gasteiger partial charge in [0.2, 0.25) is 0 Å². The first-order valence-corrected chi connectivity index (χ1v) is 8.01. The molecule has 0 aliphatic rings. The molecule has 0 fully saturated rings. The zero-order chi connectivity index (χ0) is 17.6. The van der Waals surface area contributed by atoms with Crippen LogP contribution < -0.4 is 10.4 Å². The number of carbonyl (C=O) groups excluding carboxylic acids is 1. The zero-order valence-corrected chi connectivity index (χ0v) is 13.8. The second kappa shape index (κ2) is 7.81. The molecule has 0 amide bonds. The molecule has 0 saturated carbocycles. The predicted octanol–water partition coefficient (Wildman–Crippen LogP) is 2.90. The summed E-state index contributed by atoms with van der Waals surface area (Å²) in [6.07, 6.45) is 0. The van der Waals surface area contributed by atoms with Gasteiger partial charge >= 0.3 is 11.6 Å². The van der Waals surface area contributed by atoms with Gasteiger partial charge < -0.3 is 18.6 Å². The fourth-order valence-corrected chi connectivity index (χ4v) is 2.49. The van der Waals surface area contributed by atoms with Gasteiger partial charge in [-0.05, 0) is 30.5 Å². The summed E-state index contributed by atoms with van der Waals surface area (Å²) in [7, 11) is 0. The van der Waals surface area contributed by atoms with Crippen molar-refractivity contribution in [2.75, 3.05) is 26.4 Å². The highest BCUT2D eigenvalue weighted by molar-refractivity contribution is 6.04. The topological polar surface area (TPSA) is 75.0 Å². The average molecular weight is 342 g/mol. The van der Waals surface area contributed by atoms with Crippen LogP contribution in [-0.4, -0.2) is 32.4 Å². The molecule has 6 nitrogen and oxygen atoms in total. The number of hydrogen-bond donors (Lipinski definition) is 0. The Morgan fingerprint density at radius 2 is 1.84 bits per heavy atom. The quantitative estimate of drug-likeness (QED) is 0.284. The fraction of sp³-hybridized carbons (Fsp3) is 0.263. The Morgan fingerprint density at radius 3 is 2.64 bits per heavy atom. The maximum atomic E-state index is 12.0. The minimum Gasteiger partial charge on any atom is -0.482 e. The van der Waals surface area contributed by atoms with E-state index >= 15 is 0 Å². The number of carbonyl (C=O) groups is 1. The van der Waals surface area contributed by atoms with E-state index in [1.54, 1.807) is 30.3 Å². The minimum atomic E-state index is -0.486. The van der Waals surface area contributed by atoms with Crippen molar-refractivity contribution in [3.8, 4) is 5.75 Å². The third-order valence-corrected chi connectivity index (χ3v) is 3.64. The van der Waals surface area contributed by atoms with Gasteiger partial charge in [0.25, 0.3) is 0 Å². The fourth-order valence-electron chi connectivity index (χ4n) is 2.49. The Kier molecular flexibility index (Phi) is 5.30. The maximum Gasteiger partial charge on any atom is 0.344 e. The van der Waals surface area contributed by atoms with Crippen LogP contribution in [0.3, 0.4) is 0 Å². The number of ether oxygens (including phenoxy) is 3. The van der Waals surface area contributed by atoms with Crippen LogP contribution in [0.1, 0.15) is 6.92 Å². The normalized spacial score (nSPS) is 10.9. The Morgan fingerprint density at radius 1 is 1.04 bits per heavy atom. The minimum absolute atomic E-state index is 0.189. The van der Waals surface area contributed by atoms with Crippen LogP contribution in [0.2, 0.25) is 0 Å². The van der Waals surface area contributed by atoms with E-state index in [1.807, 2.05) is 19.1 Å². The molecule has 6 heteroatoms. The molecule has 3 aromatic rings. The summed E-state index contributed by atoms with van der Waals surface area (Å²) in [6.45, 7) is 2.76. The van der Waals surface area contributed by atoms with Gasteiger partial charge in [-0.15, -0.1) is 0 Å². The average Bonchev–Trinajstić information content (AvgIpc) is 2.63. The van der Waals surface area contributed by atoms with Crippen molar-refractivity contribution in [2.24, 2.45) is 0 Å². The molecule has 3 rings (SSSR count). The van der Waals surface area contributed by atoms with Crippen molar-refractivity contribution in [3.05, 3.63) is 52.9 Å². The van der Waals surface area contributed by atoms with Gasteiger partial charge in [0.1, 0.15) is 17.9 Å². The Bertz CT molecular complexity index is 943. The van der Waals surface area contributed by atoms with E-state index in [0.29, 0.717) is 29.9 Å². The Labute approximate surface area is 143 Å². The van der Waals surface area contributed by atoms with Crippen LogP contribution in [0, 0.1) is 0 Å². The number of benzene rings is 2. The predicted molar refractivity (Wildman–Crippen MR) is 92.9 cm³/mol. The van der Waals surface area contributed by atoms with E-state index in [2.05, 4.69) is 0 Å². The van der Waals surface area contributed by atoms with Crippen molar-refractivity contribution in [2.45, 2.75) is 6.92 Å². The molecule has 0 aliphatic heterocycles. The lowest BCUT2D eigenvalue weighted by Crippen LogP contribution is -2.17. The largest absolute Gasteiger partial charge is 0.482 e. The monoisotopic (exact) mass is 342 g/mol. The molecule has 0 radical (unpaired) electrons. The maximum absolute atomic E-state index is 12.0. The molecule has 2 aromatic carbocycles. The summed E-state index contributed by atoms with van der Waals surface area (Å²) in [5, 5.41) is 2.15. The molecule has 0 bridgehead atoms. The van der Waals surface area contributed by atoms with Gasteiger partial charge in [-0.3, -0.25) is 0 Å². The number of rotatable bonds is 7. The molecular weight excluding hydrogens is 324 g/mol. The molecule has 0 unspecified atom stereocenters. The zero-order valence-electron chi connectivity index (χ0n) is 13.8. The lowest BCUT2D eigenvalue weighted by atomic mass is 10.1. The summed E-state index contributed by atoms with van der Waals surface area (Å²) in [5.74, 6) is -0.0625. The van der Waals surface area contributed by atoms with Crippen molar-refractivity contribution in [3.63, 3.8) is 0 Å². The van der Waals surface area contributed by atoms with Gasteiger partial charge in [-0.1, -0.05) is 18.2 Å². The first-order valence-electron chi connectivity index (χ1n) is 8.01. The van der Waals surface area contributed by atoms with E-state index in [0.717, 1.165) is 10.8 Å². The van der Waals surface area contributed by atoms with Crippen LogP contribution in [0.5, 0.6) is 5.75 Å². The molecule has 0 N–H and O–H groups in total. The molecule has 0 spiro atoms. The van der Waals surface area contributed by atoms with Crippen LogP contribution in [0.25, 0.3) is 21.7 Å². The molecule has 1 aromatic heterocycles. The molecule has 25 heavy (non-hydrogen) atoms. The molecule has 0 aliphatic carbocycles. The number of hydrogen-bond acceptors (Lipinski definition) is 6. The third kappa shape index (κ3) is 3.97. The molecule has 130 valence electrons. The van der Waals surface area contributed by atoms with E-state index in [4.69, 9.17) is 18.6 Å². The second-order valence-corrected chi connectivity index (χ2v) is 5.30. The summed E-state index contributed by atoms with van der Waals surface area (Å²) < 4.78 is 20.8. The lowest BCUT2D eigenvalue weighted by molar-refractivity contribution is -0.147. The first kappa shape index (κ1) is 17.0. The third-order valence-electron chi connectivity index (χ3n) is 3.64. The summed E-state index contributed by atoms with van der Waals surface area (Å²) in [6, 6.07) is 12.4. The van der Waals surface area contributed by atoms with Crippen LogP contribution in [0.15, 0.2) is 51.7 Å². The molecule has 0 atom stereocenters. The smallest absolute Gasteiger partial charge is 0.344 e. The molecular formula is C19H18O6. The van der Waals surface area contributed by atoms with E-state index < -0.39 is 11.6 Å². The summed E-state index contributed by atoms with van der Waals surface area (Å²) in [5.41, 5.74) is 0.00139.